The molecule has 0 aliphatic carbocycles. The van der Waals surface area contributed by atoms with Gasteiger partial charge in [0.05, 0.1) is 12.2 Å². The first kappa shape index (κ1) is 23.9. The molecule has 8 heteroatoms. The molecule has 2 aromatic rings. The molecule has 0 atom stereocenters. The largest absolute Gasteiger partial charge is 0.444 e. The highest BCUT2D eigenvalue weighted by Crippen LogP contribution is 2.19. The number of aromatic nitrogens is 1. The molecule has 0 spiro atoms. The minimum absolute atomic E-state index is 0. The highest BCUT2D eigenvalue weighted by atomic mass is 127. The lowest BCUT2D eigenvalue weighted by Crippen LogP contribution is -2.48. The predicted octanol–water partition coefficient (Wildman–Crippen LogP) is 2.89. The normalized spacial score (nSPS) is 11.5. The van der Waals surface area contributed by atoms with E-state index in [0.29, 0.717) is 24.8 Å². The van der Waals surface area contributed by atoms with Crippen LogP contribution in [0.2, 0.25) is 0 Å². The van der Waals surface area contributed by atoms with Crippen LogP contribution in [0.15, 0.2) is 39.9 Å². The molecule has 28 heavy (non-hydrogen) atoms. The minimum atomic E-state index is -0.252. The van der Waals surface area contributed by atoms with Gasteiger partial charge in [-0.3, -0.25) is 9.79 Å². The van der Waals surface area contributed by atoms with E-state index in [1.807, 2.05) is 52.0 Å². The highest BCUT2D eigenvalue weighted by molar-refractivity contribution is 14.0. The van der Waals surface area contributed by atoms with Gasteiger partial charge in [0.15, 0.2) is 5.96 Å². The van der Waals surface area contributed by atoms with Gasteiger partial charge < -0.3 is 20.4 Å². The average molecular weight is 499 g/mol. The number of halogens is 1. The number of aryl methyl sites for hydroxylation is 1. The summed E-state index contributed by atoms with van der Waals surface area (Å²) in [5.74, 6) is 1.11. The van der Waals surface area contributed by atoms with E-state index in [-0.39, 0.29) is 42.0 Å². The van der Waals surface area contributed by atoms with Gasteiger partial charge in [-0.25, -0.2) is 4.98 Å². The van der Waals surface area contributed by atoms with E-state index < -0.39 is 0 Å². The fraction of sp³-hybridized carbons (Fsp3) is 0.450. The van der Waals surface area contributed by atoms with Gasteiger partial charge in [0.25, 0.3) is 0 Å². The quantitative estimate of drug-likeness (QED) is 0.323. The lowest BCUT2D eigenvalue weighted by Gasteiger charge is -2.21. The molecule has 0 fully saturated rings. The number of nitrogens with one attached hydrogen (secondary N) is 3. The molecule has 1 aromatic carbocycles. The zero-order chi connectivity index (χ0) is 19.9. The molecule has 3 N–H and O–H groups in total. The maximum atomic E-state index is 11.9. The molecular formula is C20H30IN5O2. The van der Waals surface area contributed by atoms with E-state index in [1.165, 1.54) is 5.56 Å². The molecule has 2 rings (SSSR count). The Morgan fingerprint density at radius 2 is 1.86 bits per heavy atom. The first-order valence-corrected chi connectivity index (χ1v) is 9.04. The summed E-state index contributed by atoms with van der Waals surface area (Å²) in [5, 5.41) is 9.06. The molecule has 1 heterocycles. The number of aliphatic imine (C=N–C) groups is 1. The van der Waals surface area contributed by atoms with Gasteiger partial charge in [-0.15, -0.1) is 24.0 Å². The summed E-state index contributed by atoms with van der Waals surface area (Å²) in [7, 11) is 1.67. The number of hydrogen-bond acceptors (Lipinski definition) is 4. The average Bonchev–Trinajstić information content (AvgIpc) is 3.06. The van der Waals surface area contributed by atoms with Gasteiger partial charge >= 0.3 is 0 Å². The van der Waals surface area contributed by atoms with Crippen molar-refractivity contribution in [1.82, 2.24) is 20.9 Å². The number of rotatable bonds is 6. The number of guanidine groups is 1. The summed E-state index contributed by atoms with van der Waals surface area (Å²) in [6.45, 7) is 8.67. The fourth-order valence-electron chi connectivity index (χ4n) is 2.41. The van der Waals surface area contributed by atoms with Crippen LogP contribution in [0, 0.1) is 6.92 Å². The maximum Gasteiger partial charge on any atom is 0.239 e. The highest BCUT2D eigenvalue weighted by Gasteiger charge is 2.13. The Labute approximate surface area is 183 Å². The third kappa shape index (κ3) is 8.28. The van der Waals surface area contributed by atoms with Crippen LogP contribution in [-0.2, 0) is 11.2 Å². The molecule has 0 unspecified atom stereocenters. The zero-order valence-electron chi connectivity index (χ0n) is 17.1. The van der Waals surface area contributed by atoms with Crippen molar-refractivity contribution in [3.8, 4) is 11.5 Å². The Hall–Kier alpha value is -2.10. The number of oxazole rings is 1. The van der Waals surface area contributed by atoms with Gasteiger partial charge in [-0.1, -0.05) is 17.7 Å². The smallest absolute Gasteiger partial charge is 0.239 e. The van der Waals surface area contributed by atoms with Crippen molar-refractivity contribution < 1.29 is 9.21 Å². The third-order valence-electron chi connectivity index (χ3n) is 3.68. The van der Waals surface area contributed by atoms with Crippen molar-refractivity contribution in [2.24, 2.45) is 4.99 Å². The van der Waals surface area contributed by atoms with Gasteiger partial charge in [0.1, 0.15) is 6.26 Å². The molecule has 0 saturated carbocycles. The minimum Gasteiger partial charge on any atom is -0.444 e. The second-order valence-electron chi connectivity index (χ2n) is 7.41. The van der Waals surface area contributed by atoms with E-state index >= 15 is 0 Å². The van der Waals surface area contributed by atoms with Gasteiger partial charge in [-0.2, -0.15) is 0 Å². The van der Waals surface area contributed by atoms with Crippen LogP contribution in [0.25, 0.3) is 11.5 Å². The Balaban J connectivity index is 0.00000392. The summed E-state index contributed by atoms with van der Waals surface area (Å²) in [6.07, 6.45) is 2.36. The van der Waals surface area contributed by atoms with E-state index in [4.69, 9.17) is 4.42 Å². The molecule has 1 amide bonds. The molecule has 0 radical (unpaired) electrons. The Morgan fingerprint density at radius 3 is 2.46 bits per heavy atom. The van der Waals surface area contributed by atoms with Crippen LogP contribution in [-0.4, -0.2) is 42.5 Å². The van der Waals surface area contributed by atoms with Crippen molar-refractivity contribution in [3.63, 3.8) is 0 Å². The molecule has 0 aliphatic heterocycles. The zero-order valence-corrected chi connectivity index (χ0v) is 19.5. The summed E-state index contributed by atoms with van der Waals surface area (Å²) in [4.78, 5) is 20.5. The van der Waals surface area contributed by atoms with Crippen LogP contribution >= 0.6 is 24.0 Å². The number of hydrogen-bond donors (Lipinski definition) is 3. The van der Waals surface area contributed by atoms with E-state index in [0.717, 1.165) is 11.3 Å². The number of benzene rings is 1. The van der Waals surface area contributed by atoms with Crippen LogP contribution in [0.4, 0.5) is 0 Å². The fourth-order valence-corrected chi connectivity index (χ4v) is 2.41. The molecule has 0 aliphatic rings. The van der Waals surface area contributed by atoms with Gasteiger partial charge in [0.2, 0.25) is 11.8 Å². The maximum absolute atomic E-state index is 11.9. The SMILES string of the molecule is CN=C(NCCc1coc(-c2ccc(C)cc2)n1)NCC(=O)NC(C)(C)C.I. The van der Waals surface area contributed by atoms with Gasteiger partial charge in [-0.05, 0) is 39.8 Å². The van der Waals surface area contributed by atoms with E-state index in [1.54, 1.807) is 13.3 Å². The van der Waals surface area contributed by atoms with Crippen molar-refractivity contribution in [2.45, 2.75) is 39.7 Å². The van der Waals surface area contributed by atoms with Crippen LogP contribution < -0.4 is 16.0 Å². The Kier molecular flexibility index (Phi) is 9.44. The van der Waals surface area contributed by atoms with Gasteiger partial charge in [0, 0.05) is 31.1 Å². The van der Waals surface area contributed by atoms with Crippen molar-refractivity contribution in [1.29, 1.82) is 0 Å². The summed E-state index contributed by atoms with van der Waals surface area (Å²) in [6, 6.07) is 8.06. The number of carbonyl (C=O) groups excluding carboxylic acids is 1. The molecule has 0 bridgehead atoms. The topological polar surface area (TPSA) is 91.6 Å². The number of amides is 1. The summed E-state index contributed by atoms with van der Waals surface area (Å²) < 4.78 is 5.56. The molecular weight excluding hydrogens is 469 g/mol. The van der Waals surface area contributed by atoms with Crippen molar-refractivity contribution in [2.75, 3.05) is 20.1 Å². The standard InChI is InChI=1S/C20H29N5O2.HI/c1-14-6-8-15(9-7-14)18-24-16(13-27-18)10-11-22-19(21-5)23-12-17(26)25-20(2,3)4;/h6-9,13H,10-12H2,1-5H3,(H,25,26)(H2,21,22,23);1H. The lowest BCUT2D eigenvalue weighted by atomic mass is 10.1. The van der Waals surface area contributed by atoms with Crippen LogP contribution in [0.5, 0.6) is 0 Å². The number of nitrogens with zero attached hydrogens (tertiary/aromatic N) is 2. The third-order valence-corrected chi connectivity index (χ3v) is 3.68. The summed E-state index contributed by atoms with van der Waals surface area (Å²) in [5.41, 5.74) is 2.77. The number of carbonyl (C=O) groups is 1. The van der Waals surface area contributed by atoms with E-state index in [9.17, 15) is 4.79 Å². The lowest BCUT2D eigenvalue weighted by molar-refractivity contribution is -0.121. The Bertz CT molecular complexity index is 779. The molecule has 154 valence electrons. The second-order valence-corrected chi connectivity index (χ2v) is 7.41. The molecule has 0 saturated heterocycles. The Morgan fingerprint density at radius 1 is 1.18 bits per heavy atom. The van der Waals surface area contributed by atoms with E-state index in [2.05, 4.69) is 25.9 Å². The van der Waals surface area contributed by atoms with Crippen LogP contribution in [0.3, 0.4) is 0 Å². The monoisotopic (exact) mass is 499 g/mol. The van der Waals surface area contributed by atoms with Crippen molar-refractivity contribution >= 4 is 35.8 Å². The van der Waals surface area contributed by atoms with Crippen molar-refractivity contribution in [3.05, 3.63) is 41.8 Å². The molecule has 7 nitrogen and oxygen atoms in total. The first-order valence-electron chi connectivity index (χ1n) is 9.04. The first-order chi connectivity index (χ1) is 12.8. The molecule has 1 aromatic heterocycles. The second kappa shape index (κ2) is 11.0. The van der Waals surface area contributed by atoms with Crippen LogP contribution in [0.1, 0.15) is 32.0 Å². The predicted molar refractivity (Wildman–Crippen MR) is 123 cm³/mol. The summed E-state index contributed by atoms with van der Waals surface area (Å²) >= 11 is 0.